The van der Waals surface area contributed by atoms with Crippen LogP contribution in [0, 0.1) is 6.92 Å². The number of esters is 1. The maximum absolute atomic E-state index is 12.0. The van der Waals surface area contributed by atoms with Crippen molar-refractivity contribution in [3.8, 4) is 11.5 Å². The minimum absolute atomic E-state index is 0.152. The maximum Gasteiger partial charge on any atom is 0.407 e. The number of aryl methyl sites for hydroxylation is 1. The number of nitrogens with one attached hydrogen (secondary N) is 1. The van der Waals surface area contributed by atoms with E-state index in [0.717, 1.165) is 11.1 Å². The van der Waals surface area contributed by atoms with Crippen LogP contribution in [0.2, 0.25) is 0 Å². The zero-order valence-corrected chi connectivity index (χ0v) is 16.9. The molecule has 1 aromatic carbocycles. The Morgan fingerprint density at radius 1 is 1.18 bits per heavy atom. The SMILES string of the molecule is Cc1ccc(-c2nnc([C@H](C)OC(=O)CCCNC(=O)OC(C)(C)C)o2)cc1. The Morgan fingerprint density at radius 3 is 2.50 bits per heavy atom. The fourth-order valence-electron chi connectivity index (χ4n) is 2.26. The molecule has 1 atom stereocenters. The molecule has 1 N–H and O–H groups in total. The van der Waals surface area contributed by atoms with Crippen LogP contribution in [-0.2, 0) is 14.3 Å². The Labute approximate surface area is 164 Å². The van der Waals surface area contributed by atoms with Gasteiger partial charge < -0.3 is 19.2 Å². The van der Waals surface area contributed by atoms with Crippen LogP contribution in [0.3, 0.4) is 0 Å². The second-order valence-electron chi connectivity index (χ2n) is 7.48. The van der Waals surface area contributed by atoms with Crippen LogP contribution in [-0.4, -0.2) is 34.4 Å². The number of aromatic nitrogens is 2. The molecule has 0 aliphatic carbocycles. The van der Waals surface area contributed by atoms with Crippen molar-refractivity contribution in [3.05, 3.63) is 35.7 Å². The summed E-state index contributed by atoms with van der Waals surface area (Å²) in [6.07, 6.45) is -0.579. The summed E-state index contributed by atoms with van der Waals surface area (Å²) in [4.78, 5) is 23.5. The van der Waals surface area contributed by atoms with Crippen molar-refractivity contribution in [1.29, 1.82) is 0 Å². The number of alkyl carbamates (subject to hydrolysis) is 1. The van der Waals surface area contributed by atoms with E-state index in [1.54, 1.807) is 27.7 Å². The Bertz CT molecular complexity index is 793. The molecule has 0 spiro atoms. The molecule has 8 nitrogen and oxygen atoms in total. The summed E-state index contributed by atoms with van der Waals surface area (Å²) in [5.74, 6) is 0.198. The molecule has 1 heterocycles. The van der Waals surface area contributed by atoms with Crippen molar-refractivity contribution in [3.63, 3.8) is 0 Å². The summed E-state index contributed by atoms with van der Waals surface area (Å²) in [5.41, 5.74) is 1.38. The number of carbonyl (C=O) groups is 2. The van der Waals surface area contributed by atoms with Crippen LogP contribution in [0.5, 0.6) is 0 Å². The van der Waals surface area contributed by atoms with Crippen molar-refractivity contribution in [1.82, 2.24) is 15.5 Å². The molecule has 1 aromatic heterocycles. The van der Waals surface area contributed by atoms with Crippen LogP contribution >= 0.6 is 0 Å². The lowest BCUT2D eigenvalue weighted by atomic mass is 10.1. The zero-order chi connectivity index (χ0) is 20.7. The fraction of sp³-hybridized carbons (Fsp3) is 0.500. The van der Waals surface area contributed by atoms with E-state index < -0.39 is 23.8 Å². The lowest BCUT2D eigenvalue weighted by Gasteiger charge is -2.19. The first-order valence-corrected chi connectivity index (χ1v) is 9.21. The van der Waals surface area contributed by atoms with Gasteiger partial charge in [0.15, 0.2) is 6.10 Å². The molecule has 0 aliphatic heterocycles. The van der Waals surface area contributed by atoms with Crippen molar-refractivity contribution in [2.45, 2.75) is 59.2 Å². The van der Waals surface area contributed by atoms with Crippen molar-refractivity contribution >= 4 is 12.1 Å². The molecule has 0 unspecified atom stereocenters. The van der Waals surface area contributed by atoms with Gasteiger partial charge in [0.05, 0.1) is 0 Å². The van der Waals surface area contributed by atoms with Crippen LogP contribution in [0.1, 0.15) is 58.1 Å². The molecule has 0 saturated carbocycles. The topological polar surface area (TPSA) is 104 Å². The van der Waals surface area contributed by atoms with Crippen LogP contribution in [0.15, 0.2) is 28.7 Å². The highest BCUT2D eigenvalue weighted by molar-refractivity contribution is 5.70. The largest absolute Gasteiger partial charge is 0.453 e. The number of amides is 1. The normalized spacial score (nSPS) is 12.3. The maximum atomic E-state index is 12.0. The standard InChI is InChI=1S/C20H27N3O5/c1-13-8-10-15(11-9-13)18-23-22-17(27-18)14(2)26-16(24)7-6-12-21-19(25)28-20(3,4)5/h8-11,14H,6-7,12H2,1-5H3,(H,21,25)/t14-/m0/s1. The monoisotopic (exact) mass is 389 g/mol. The van der Waals surface area contributed by atoms with E-state index in [9.17, 15) is 9.59 Å². The van der Waals surface area contributed by atoms with E-state index in [1.807, 2.05) is 31.2 Å². The molecule has 0 saturated heterocycles. The molecular weight excluding hydrogens is 362 g/mol. The van der Waals surface area contributed by atoms with Crippen molar-refractivity contribution in [2.24, 2.45) is 0 Å². The van der Waals surface area contributed by atoms with Gasteiger partial charge >= 0.3 is 12.1 Å². The Kier molecular flexibility index (Phi) is 7.14. The molecule has 28 heavy (non-hydrogen) atoms. The highest BCUT2D eigenvalue weighted by Gasteiger charge is 2.19. The van der Waals surface area contributed by atoms with Gasteiger partial charge in [0.25, 0.3) is 5.89 Å². The Morgan fingerprint density at radius 2 is 1.86 bits per heavy atom. The second-order valence-corrected chi connectivity index (χ2v) is 7.48. The first-order chi connectivity index (χ1) is 13.1. The lowest BCUT2D eigenvalue weighted by Crippen LogP contribution is -2.33. The molecule has 2 rings (SSSR count). The summed E-state index contributed by atoms with van der Waals surface area (Å²) in [6, 6.07) is 7.68. The van der Waals surface area contributed by atoms with Crippen molar-refractivity contribution < 1.29 is 23.5 Å². The van der Waals surface area contributed by atoms with Gasteiger partial charge in [-0.05, 0) is 53.2 Å². The van der Waals surface area contributed by atoms with Crippen LogP contribution in [0.4, 0.5) is 4.79 Å². The Balaban J connectivity index is 1.75. The van der Waals surface area contributed by atoms with Gasteiger partial charge in [-0.1, -0.05) is 17.7 Å². The second kappa shape index (κ2) is 9.34. The quantitative estimate of drug-likeness (QED) is 0.565. The number of nitrogens with zero attached hydrogens (tertiary/aromatic N) is 2. The summed E-state index contributed by atoms with van der Waals surface area (Å²) in [6.45, 7) is 9.33. The highest BCUT2D eigenvalue weighted by atomic mass is 16.6. The third-order valence-electron chi connectivity index (χ3n) is 3.62. The summed E-state index contributed by atoms with van der Waals surface area (Å²) < 4.78 is 16.0. The Hall–Kier alpha value is -2.90. The summed E-state index contributed by atoms with van der Waals surface area (Å²) >= 11 is 0. The molecule has 1 amide bonds. The minimum Gasteiger partial charge on any atom is -0.453 e. The van der Waals surface area contributed by atoms with Gasteiger partial charge in [-0.3, -0.25) is 4.79 Å². The van der Waals surface area contributed by atoms with E-state index in [2.05, 4.69) is 15.5 Å². The van der Waals surface area contributed by atoms with Crippen LogP contribution < -0.4 is 5.32 Å². The molecule has 0 fully saturated rings. The number of ether oxygens (including phenoxy) is 2. The van der Waals surface area contributed by atoms with E-state index in [1.165, 1.54) is 0 Å². The highest BCUT2D eigenvalue weighted by Crippen LogP contribution is 2.23. The predicted octanol–water partition coefficient (Wildman–Crippen LogP) is 3.95. The van der Waals surface area contributed by atoms with Gasteiger partial charge in [0.1, 0.15) is 5.60 Å². The van der Waals surface area contributed by atoms with Gasteiger partial charge in [-0.15, -0.1) is 10.2 Å². The zero-order valence-electron chi connectivity index (χ0n) is 16.9. The van der Waals surface area contributed by atoms with E-state index in [-0.39, 0.29) is 12.3 Å². The third kappa shape index (κ3) is 7.02. The average molecular weight is 389 g/mol. The first-order valence-electron chi connectivity index (χ1n) is 9.21. The van der Waals surface area contributed by atoms with E-state index in [0.29, 0.717) is 18.9 Å². The number of rotatable bonds is 7. The smallest absolute Gasteiger partial charge is 0.407 e. The van der Waals surface area contributed by atoms with Gasteiger partial charge in [0, 0.05) is 18.5 Å². The molecule has 0 aliphatic rings. The third-order valence-corrected chi connectivity index (χ3v) is 3.62. The molecular formula is C20H27N3O5. The molecule has 0 radical (unpaired) electrons. The average Bonchev–Trinajstić information content (AvgIpc) is 3.08. The number of benzene rings is 1. The molecule has 2 aromatic rings. The number of hydrogen-bond donors (Lipinski definition) is 1. The van der Waals surface area contributed by atoms with Crippen LogP contribution in [0.25, 0.3) is 11.5 Å². The van der Waals surface area contributed by atoms with E-state index in [4.69, 9.17) is 13.9 Å². The van der Waals surface area contributed by atoms with Gasteiger partial charge in [-0.2, -0.15) is 0 Å². The number of carbonyl (C=O) groups excluding carboxylic acids is 2. The number of hydrogen-bond acceptors (Lipinski definition) is 7. The predicted molar refractivity (Wildman–Crippen MR) is 102 cm³/mol. The molecule has 152 valence electrons. The summed E-state index contributed by atoms with van der Waals surface area (Å²) in [7, 11) is 0. The molecule has 8 heteroatoms. The van der Waals surface area contributed by atoms with Gasteiger partial charge in [0.2, 0.25) is 5.89 Å². The van der Waals surface area contributed by atoms with Gasteiger partial charge in [-0.25, -0.2) is 4.79 Å². The van der Waals surface area contributed by atoms with E-state index >= 15 is 0 Å². The first kappa shape index (κ1) is 21.4. The lowest BCUT2D eigenvalue weighted by molar-refractivity contribution is -0.149. The fourth-order valence-corrected chi connectivity index (χ4v) is 2.26. The minimum atomic E-state index is -0.655. The summed E-state index contributed by atoms with van der Waals surface area (Å²) in [5, 5.41) is 10.5. The molecule has 0 bridgehead atoms. The van der Waals surface area contributed by atoms with Crippen molar-refractivity contribution in [2.75, 3.05) is 6.54 Å².